The highest BCUT2D eigenvalue weighted by atomic mass is 16.6. The fraction of sp³-hybridized carbons (Fsp3) is 0.571. The SMILES string of the molecule is COc1cccc(N2CCC(C)CC2CN)c1[N+](=O)[O-]. The highest BCUT2D eigenvalue weighted by molar-refractivity contribution is 5.70. The molecule has 20 heavy (non-hydrogen) atoms. The predicted octanol–water partition coefficient (Wildman–Crippen LogP) is 2.17. The van der Waals surface area contributed by atoms with Gasteiger partial charge in [-0.2, -0.15) is 0 Å². The summed E-state index contributed by atoms with van der Waals surface area (Å²) in [5.41, 5.74) is 6.49. The summed E-state index contributed by atoms with van der Waals surface area (Å²) in [7, 11) is 1.45. The number of piperidine rings is 1. The number of methoxy groups -OCH3 is 1. The highest BCUT2D eigenvalue weighted by Crippen LogP contribution is 2.39. The molecule has 1 aliphatic rings. The van der Waals surface area contributed by atoms with Crippen molar-refractivity contribution in [3.05, 3.63) is 28.3 Å². The molecule has 0 radical (unpaired) electrons. The number of nitro groups is 1. The van der Waals surface area contributed by atoms with Crippen molar-refractivity contribution >= 4 is 11.4 Å². The van der Waals surface area contributed by atoms with Gasteiger partial charge in [-0.05, 0) is 30.9 Å². The first-order valence-corrected chi connectivity index (χ1v) is 6.86. The maximum Gasteiger partial charge on any atom is 0.333 e. The molecule has 0 amide bonds. The minimum Gasteiger partial charge on any atom is -0.490 e. The van der Waals surface area contributed by atoms with Crippen LogP contribution in [0.25, 0.3) is 0 Å². The van der Waals surface area contributed by atoms with Crippen molar-refractivity contribution in [1.82, 2.24) is 0 Å². The summed E-state index contributed by atoms with van der Waals surface area (Å²) in [6.07, 6.45) is 1.98. The van der Waals surface area contributed by atoms with E-state index in [4.69, 9.17) is 10.5 Å². The first-order chi connectivity index (χ1) is 9.58. The number of hydrogen-bond acceptors (Lipinski definition) is 5. The minimum absolute atomic E-state index is 0.0306. The number of benzene rings is 1. The first-order valence-electron chi connectivity index (χ1n) is 6.86. The zero-order chi connectivity index (χ0) is 14.7. The molecular formula is C14H21N3O3. The Morgan fingerprint density at radius 3 is 2.90 bits per heavy atom. The van der Waals surface area contributed by atoms with Gasteiger partial charge in [0.1, 0.15) is 5.69 Å². The molecule has 2 unspecified atom stereocenters. The van der Waals surface area contributed by atoms with E-state index < -0.39 is 0 Å². The lowest BCUT2D eigenvalue weighted by Crippen LogP contribution is -2.46. The summed E-state index contributed by atoms with van der Waals surface area (Å²) < 4.78 is 5.13. The third-order valence-corrected chi connectivity index (χ3v) is 3.94. The van der Waals surface area contributed by atoms with Gasteiger partial charge in [0.25, 0.3) is 0 Å². The topological polar surface area (TPSA) is 81.6 Å². The van der Waals surface area contributed by atoms with Gasteiger partial charge in [-0.3, -0.25) is 10.1 Å². The highest BCUT2D eigenvalue weighted by Gasteiger charge is 2.31. The molecule has 0 bridgehead atoms. The summed E-state index contributed by atoms with van der Waals surface area (Å²) in [5.74, 6) is 0.895. The maximum atomic E-state index is 11.4. The normalized spacial score (nSPS) is 22.6. The van der Waals surface area contributed by atoms with Crippen molar-refractivity contribution in [3.63, 3.8) is 0 Å². The summed E-state index contributed by atoms with van der Waals surface area (Å²) >= 11 is 0. The number of para-hydroxylation sites is 1. The van der Waals surface area contributed by atoms with Crippen LogP contribution in [0.4, 0.5) is 11.4 Å². The van der Waals surface area contributed by atoms with Gasteiger partial charge >= 0.3 is 5.69 Å². The molecule has 1 heterocycles. The number of hydrogen-bond donors (Lipinski definition) is 1. The van der Waals surface area contributed by atoms with Crippen LogP contribution in [0.15, 0.2) is 18.2 Å². The van der Waals surface area contributed by atoms with Crippen molar-refractivity contribution in [2.45, 2.75) is 25.8 Å². The average molecular weight is 279 g/mol. The van der Waals surface area contributed by atoms with Gasteiger partial charge in [0.15, 0.2) is 5.75 Å². The van der Waals surface area contributed by atoms with Gasteiger partial charge in [-0.15, -0.1) is 0 Å². The van der Waals surface area contributed by atoms with E-state index in [1.165, 1.54) is 7.11 Å². The largest absolute Gasteiger partial charge is 0.490 e. The Hall–Kier alpha value is -1.82. The molecule has 110 valence electrons. The van der Waals surface area contributed by atoms with Crippen LogP contribution in [0, 0.1) is 16.0 Å². The summed E-state index contributed by atoms with van der Waals surface area (Å²) in [6.45, 7) is 3.48. The molecule has 1 aromatic carbocycles. The zero-order valence-electron chi connectivity index (χ0n) is 11.9. The summed E-state index contributed by atoms with van der Waals surface area (Å²) in [6, 6.07) is 5.32. The van der Waals surface area contributed by atoms with E-state index in [2.05, 4.69) is 11.8 Å². The van der Waals surface area contributed by atoms with Gasteiger partial charge in [0, 0.05) is 19.1 Å². The number of ether oxygens (including phenoxy) is 1. The fourth-order valence-corrected chi connectivity index (χ4v) is 2.88. The third-order valence-electron chi connectivity index (χ3n) is 3.94. The number of anilines is 1. The van der Waals surface area contributed by atoms with E-state index >= 15 is 0 Å². The second-order valence-electron chi connectivity index (χ2n) is 5.30. The van der Waals surface area contributed by atoms with E-state index in [0.717, 1.165) is 19.4 Å². The molecule has 2 rings (SSSR count). The molecule has 0 aliphatic carbocycles. The standard InChI is InChI=1S/C14H21N3O3/c1-10-6-7-16(11(8-10)9-15)12-4-3-5-13(20-2)14(12)17(18)19/h3-5,10-11H,6-9,15H2,1-2H3. The number of rotatable bonds is 4. The Kier molecular flexibility index (Phi) is 4.44. The molecule has 1 aromatic rings. The Balaban J connectivity index is 2.43. The molecule has 2 N–H and O–H groups in total. The van der Waals surface area contributed by atoms with E-state index in [1.807, 2.05) is 0 Å². The van der Waals surface area contributed by atoms with Crippen LogP contribution in [0.1, 0.15) is 19.8 Å². The first kappa shape index (κ1) is 14.6. The molecule has 1 saturated heterocycles. The smallest absolute Gasteiger partial charge is 0.333 e. The van der Waals surface area contributed by atoms with E-state index in [1.54, 1.807) is 18.2 Å². The molecule has 1 fully saturated rings. The predicted molar refractivity (Wildman–Crippen MR) is 78.2 cm³/mol. The van der Waals surface area contributed by atoms with Crippen molar-refractivity contribution in [2.75, 3.05) is 25.1 Å². The second kappa shape index (κ2) is 6.09. The Morgan fingerprint density at radius 2 is 2.30 bits per heavy atom. The summed E-state index contributed by atoms with van der Waals surface area (Å²) in [4.78, 5) is 13.1. The van der Waals surface area contributed by atoms with Crippen molar-refractivity contribution in [2.24, 2.45) is 11.7 Å². The lowest BCUT2D eigenvalue weighted by molar-refractivity contribution is -0.385. The quantitative estimate of drug-likeness (QED) is 0.674. The van der Waals surface area contributed by atoms with Crippen LogP contribution in [-0.2, 0) is 0 Å². The number of nitrogens with zero attached hydrogens (tertiary/aromatic N) is 2. The number of nitro benzene ring substituents is 1. The molecule has 0 aromatic heterocycles. The van der Waals surface area contributed by atoms with Crippen LogP contribution >= 0.6 is 0 Å². The molecular weight excluding hydrogens is 258 g/mol. The Bertz CT molecular complexity index is 493. The van der Waals surface area contributed by atoms with E-state index in [-0.39, 0.29) is 16.7 Å². The Morgan fingerprint density at radius 1 is 1.55 bits per heavy atom. The molecule has 0 spiro atoms. The minimum atomic E-state index is -0.375. The lowest BCUT2D eigenvalue weighted by atomic mass is 9.91. The average Bonchev–Trinajstić information content (AvgIpc) is 2.46. The molecule has 6 nitrogen and oxygen atoms in total. The van der Waals surface area contributed by atoms with Gasteiger partial charge in [0.05, 0.1) is 12.0 Å². The molecule has 6 heteroatoms. The fourth-order valence-electron chi connectivity index (χ4n) is 2.88. The zero-order valence-corrected chi connectivity index (χ0v) is 11.9. The van der Waals surface area contributed by atoms with Crippen LogP contribution in [0.5, 0.6) is 5.75 Å². The van der Waals surface area contributed by atoms with Crippen molar-refractivity contribution in [1.29, 1.82) is 0 Å². The van der Waals surface area contributed by atoms with Gasteiger partial charge in [-0.25, -0.2) is 0 Å². The maximum absolute atomic E-state index is 11.4. The molecule has 0 saturated carbocycles. The van der Waals surface area contributed by atoms with Crippen molar-refractivity contribution in [3.8, 4) is 5.75 Å². The summed E-state index contributed by atoms with van der Waals surface area (Å²) in [5, 5.41) is 11.4. The second-order valence-corrected chi connectivity index (χ2v) is 5.30. The van der Waals surface area contributed by atoms with Crippen LogP contribution in [-0.4, -0.2) is 31.2 Å². The number of nitrogens with two attached hydrogens (primary N) is 1. The third kappa shape index (κ3) is 2.70. The van der Waals surface area contributed by atoms with Gasteiger partial charge in [0.2, 0.25) is 0 Å². The monoisotopic (exact) mass is 279 g/mol. The van der Waals surface area contributed by atoms with E-state index in [0.29, 0.717) is 23.9 Å². The van der Waals surface area contributed by atoms with Gasteiger partial charge < -0.3 is 15.4 Å². The molecule has 2 atom stereocenters. The van der Waals surface area contributed by atoms with Crippen LogP contribution in [0.3, 0.4) is 0 Å². The van der Waals surface area contributed by atoms with Crippen LogP contribution < -0.4 is 15.4 Å². The van der Waals surface area contributed by atoms with E-state index in [9.17, 15) is 10.1 Å². The Labute approximate surface area is 118 Å². The molecule has 1 aliphatic heterocycles. The van der Waals surface area contributed by atoms with Gasteiger partial charge in [-0.1, -0.05) is 13.0 Å². The lowest BCUT2D eigenvalue weighted by Gasteiger charge is -2.39. The van der Waals surface area contributed by atoms with Crippen molar-refractivity contribution < 1.29 is 9.66 Å². The van der Waals surface area contributed by atoms with Crippen LogP contribution in [0.2, 0.25) is 0 Å².